The number of aryl methyl sites for hydroxylation is 1. The molecule has 4 rings (SSSR count). The van der Waals surface area contributed by atoms with Crippen LogP contribution in [0.1, 0.15) is 11.3 Å². The molecule has 0 radical (unpaired) electrons. The first-order valence-corrected chi connectivity index (χ1v) is 11.2. The van der Waals surface area contributed by atoms with Crippen molar-refractivity contribution in [3.8, 4) is 0 Å². The zero-order valence-corrected chi connectivity index (χ0v) is 17.5. The number of benzene rings is 3. The average Bonchev–Trinajstić information content (AvgIpc) is 2.74. The molecule has 0 saturated heterocycles. The Hall–Kier alpha value is -2.47. The highest BCUT2D eigenvalue weighted by Crippen LogP contribution is 2.58. The minimum absolute atomic E-state index is 0. The maximum atomic E-state index is 4.40. The van der Waals surface area contributed by atoms with E-state index in [4.69, 9.17) is 0 Å². The van der Waals surface area contributed by atoms with Crippen LogP contribution >= 0.6 is 7.26 Å². The van der Waals surface area contributed by atoms with E-state index in [1.54, 1.807) is 0 Å². The Kier molecular flexibility index (Phi) is 6.62. The second kappa shape index (κ2) is 9.15. The van der Waals surface area contributed by atoms with Crippen LogP contribution in [0.25, 0.3) is 0 Å². The monoisotopic (exact) mass is 403 g/mol. The second-order valence-corrected chi connectivity index (χ2v) is 10.3. The molecule has 0 spiro atoms. The molecule has 1 heterocycles. The highest BCUT2D eigenvalue weighted by Gasteiger charge is 2.45. The van der Waals surface area contributed by atoms with Gasteiger partial charge in [-0.2, -0.15) is 0 Å². The molecule has 4 aromatic rings. The predicted molar refractivity (Wildman–Crippen MR) is 118 cm³/mol. The van der Waals surface area contributed by atoms with Crippen LogP contribution in [-0.2, 0) is 6.16 Å². The Labute approximate surface area is 174 Å². The standard InChI is InChI=1S/C25H23NP.ClH/c1-21-19-22(17-18-26-21)20-27(23-11-5-2-6-12-23,24-13-7-3-8-14-24)25-15-9-4-10-16-25;/h2-19H,20H2,1H3;1H/q+1;/p-1. The van der Waals surface area contributed by atoms with Crippen molar-refractivity contribution in [2.45, 2.75) is 13.1 Å². The number of hydrogen-bond acceptors (Lipinski definition) is 1. The molecule has 3 heteroatoms. The van der Waals surface area contributed by atoms with Gasteiger partial charge < -0.3 is 12.4 Å². The molecular weight excluding hydrogens is 381 g/mol. The molecule has 0 aliphatic rings. The van der Waals surface area contributed by atoms with Gasteiger partial charge in [0.25, 0.3) is 0 Å². The Morgan fingerprint density at radius 3 is 1.46 bits per heavy atom. The lowest BCUT2D eigenvalue weighted by atomic mass is 10.2. The van der Waals surface area contributed by atoms with Gasteiger partial charge in [0.15, 0.2) is 0 Å². The molecule has 0 amide bonds. The van der Waals surface area contributed by atoms with Crippen LogP contribution in [0, 0.1) is 6.92 Å². The van der Waals surface area contributed by atoms with E-state index in [2.05, 4.69) is 115 Å². The van der Waals surface area contributed by atoms with Crippen molar-refractivity contribution >= 4 is 23.2 Å². The Morgan fingerprint density at radius 1 is 0.643 bits per heavy atom. The summed E-state index contributed by atoms with van der Waals surface area (Å²) < 4.78 is 0. The van der Waals surface area contributed by atoms with Gasteiger partial charge in [0.05, 0.1) is 6.16 Å². The number of hydrogen-bond donors (Lipinski definition) is 0. The molecule has 0 N–H and O–H groups in total. The van der Waals surface area contributed by atoms with Crippen LogP contribution in [0.15, 0.2) is 109 Å². The number of rotatable bonds is 5. The van der Waals surface area contributed by atoms with Crippen molar-refractivity contribution in [3.05, 3.63) is 121 Å². The number of pyridine rings is 1. The summed E-state index contributed by atoms with van der Waals surface area (Å²) in [4.78, 5) is 4.40. The highest BCUT2D eigenvalue weighted by molar-refractivity contribution is 7.95. The lowest BCUT2D eigenvalue weighted by Crippen LogP contribution is -3.00. The molecule has 0 fully saturated rings. The fourth-order valence-corrected chi connectivity index (χ4v) is 7.97. The topological polar surface area (TPSA) is 12.9 Å². The van der Waals surface area contributed by atoms with E-state index >= 15 is 0 Å². The minimum Gasteiger partial charge on any atom is -1.00 e. The number of nitrogens with zero attached hydrogens (tertiary/aromatic N) is 1. The molecule has 0 aliphatic carbocycles. The lowest BCUT2D eigenvalue weighted by molar-refractivity contribution is -0.00000544. The van der Waals surface area contributed by atoms with E-state index in [0.29, 0.717) is 0 Å². The zero-order valence-electron chi connectivity index (χ0n) is 15.9. The van der Waals surface area contributed by atoms with Crippen LogP contribution in [0.2, 0.25) is 0 Å². The van der Waals surface area contributed by atoms with Crippen molar-refractivity contribution in [1.82, 2.24) is 4.98 Å². The van der Waals surface area contributed by atoms with Crippen LogP contribution in [0.4, 0.5) is 0 Å². The molecular formula is C25H23ClNP. The first kappa shape index (κ1) is 20.3. The van der Waals surface area contributed by atoms with E-state index in [1.165, 1.54) is 21.5 Å². The van der Waals surface area contributed by atoms with E-state index < -0.39 is 7.26 Å². The normalized spacial score (nSPS) is 10.9. The van der Waals surface area contributed by atoms with Crippen molar-refractivity contribution in [2.24, 2.45) is 0 Å². The van der Waals surface area contributed by atoms with Crippen molar-refractivity contribution in [2.75, 3.05) is 0 Å². The van der Waals surface area contributed by atoms with Gasteiger partial charge in [-0.3, -0.25) is 4.98 Å². The molecule has 1 aromatic heterocycles. The van der Waals surface area contributed by atoms with Gasteiger partial charge in [-0.1, -0.05) is 54.6 Å². The van der Waals surface area contributed by atoms with Gasteiger partial charge in [-0.05, 0) is 61.0 Å². The summed E-state index contributed by atoms with van der Waals surface area (Å²) in [6.45, 7) is 2.07. The van der Waals surface area contributed by atoms with Crippen LogP contribution in [-0.4, -0.2) is 4.98 Å². The summed E-state index contributed by atoms with van der Waals surface area (Å²) in [6, 6.07) is 37.4. The fourth-order valence-electron chi connectivity index (χ4n) is 3.74. The Morgan fingerprint density at radius 2 is 1.07 bits per heavy atom. The Bertz CT molecular complexity index is 907. The van der Waals surface area contributed by atoms with Gasteiger partial charge in [0.1, 0.15) is 23.2 Å². The van der Waals surface area contributed by atoms with Gasteiger partial charge >= 0.3 is 0 Å². The minimum atomic E-state index is -1.82. The second-order valence-electron chi connectivity index (χ2n) is 6.78. The van der Waals surface area contributed by atoms with Crippen LogP contribution in [0.3, 0.4) is 0 Å². The molecule has 0 aliphatic heterocycles. The summed E-state index contributed by atoms with van der Waals surface area (Å²) in [5.74, 6) is 0. The Balaban J connectivity index is 0.00000225. The molecule has 0 saturated carbocycles. The summed E-state index contributed by atoms with van der Waals surface area (Å²) >= 11 is 0. The van der Waals surface area contributed by atoms with Gasteiger partial charge in [-0.15, -0.1) is 0 Å². The molecule has 28 heavy (non-hydrogen) atoms. The lowest BCUT2D eigenvalue weighted by Gasteiger charge is -2.27. The first-order valence-electron chi connectivity index (χ1n) is 9.25. The third-order valence-corrected chi connectivity index (χ3v) is 9.35. The maximum absolute atomic E-state index is 4.40. The third-order valence-electron chi connectivity index (χ3n) is 4.97. The molecule has 1 nitrogen and oxygen atoms in total. The summed E-state index contributed by atoms with van der Waals surface area (Å²) in [6.07, 6.45) is 2.93. The van der Waals surface area contributed by atoms with E-state index in [1.807, 2.05) is 6.20 Å². The quantitative estimate of drug-likeness (QED) is 0.464. The van der Waals surface area contributed by atoms with E-state index in [0.717, 1.165) is 11.9 Å². The molecule has 3 aromatic carbocycles. The van der Waals surface area contributed by atoms with Gasteiger partial charge in [0, 0.05) is 11.9 Å². The van der Waals surface area contributed by atoms with Crippen molar-refractivity contribution in [1.29, 1.82) is 0 Å². The predicted octanol–water partition coefficient (Wildman–Crippen LogP) is 1.89. The third kappa shape index (κ3) is 4.02. The molecule has 0 unspecified atom stereocenters. The van der Waals surface area contributed by atoms with E-state index in [9.17, 15) is 0 Å². The summed E-state index contributed by atoms with van der Waals surface area (Å²) in [7, 11) is -1.82. The fraction of sp³-hybridized carbons (Fsp3) is 0.0800. The molecule has 0 bridgehead atoms. The highest BCUT2D eigenvalue weighted by atomic mass is 35.5. The number of halogens is 1. The first-order chi connectivity index (χ1) is 13.3. The maximum Gasteiger partial charge on any atom is 0.116 e. The van der Waals surface area contributed by atoms with Gasteiger partial charge in [0.2, 0.25) is 0 Å². The SMILES string of the molecule is Cc1cc(C[P+](c2ccccc2)(c2ccccc2)c2ccccc2)ccn1.[Cl-]. The molecule has 0 atom stereocenters. The van der Waals surface area contributed by atoms with Crippen LogP contribution in [0.5, 0.6) is 0 Å². The largest absolute Gasteiger partial charge is 1.00 e. The van der Waals surface area contributed by atoms with Crippen molar-refractivity contribution in [3.63, 3.8) is 0 Å². The van der Waals surface area contributed by atoms with Gasteiger partial charge in [-0.25, -0.2) is 0 Å². The summed E-state index contributed by atoms with van der Waals surface area (Å²) in [5.41, 5.74) is 2.41. The van der Waals surface area contributed by atoms with Crippen LogP contribution < -0.4 is 28.3 Å². The smallest absolute Gasteiger partial charge is 0.116 e. The van der Waals surface area contributed by atoms with E-state index in [-0.39, 0.29) is 12.4 Å². The zero-order chi connectivity index (χ0) is 18.5. The average molecular weight is 404 g/mol. The number of aromatic nitrogens is 1. The van der Waals surface area contributed by atoms with Crippen molar-refractivity contribution < 1.29 is 12.4 Å². The summed E-state index contributed by atoms with van der Waals surface area (Å²) in [5, 5.41) is 4.24. The molecule has 140 valence electrons.